The van der Waals surface area contributed by atoms with Gasteiger partial charge in [-0.2, -0.15) is 0 Å². The second-order valence-corrected chi connectivity index (χ2v) is 5.75. The van der Waals surface area contributed by atoms with Crippen molar-refractivity contribution < 1.29 is 23.9 Å². The van der Waals surface area contributed by atoms with Gasteiger partial charge in [0.05, 0.1) is 24.2 Å². The number of carbonyl (C=O) groups excluding carboxylic acids is 1. The minimum Gasteiger partial charge on any atom is -0.489 e. The molecule has 120 valence electrons. The Hall–Kier alpha value is -2.51. The molecule has 22 heavy (non-hydrogen) atoms. The maximum absolute atomic E-state index is 11.8. The van der Waals surface area contributed by atoms with Crippen LogP contribution in [0.4, 0.5) is 16.2 Å². The van der Waals surface area contributed by atoms with Gasteiger partial charge in [-0.05, 0) is 20.8 Å². The van der Waals surface area contributed by atoms with E-state index in [1.807, 2.05) is 0 Å². The molecule has 1 N–H and O–H groups in total. The zero-order valence-electron chi connectivity index (χ0n) is 12.7. The summed E-state index contributed by atoms with van der Waals surface area (Å²) in [4.78, 5) is 22.4. The van der Waals surface area contributed by atoms with Crippen LogP contribution >= 0.6 is 0 Å². The normalized spacial score (nSPS) is 14.0. The van der Waals surface area contributed by atoms with E-state index in [1.165, 1.54) is 12.1 Å². The lowest BCUT2D eigenvalue weighted by Crippen LogP contribution is -2.27. The van der Waals surface area contributed by atoms with Gasteiger partial charge in [0.15, 0.2) is 11.5 Å². The van der Waals surface area contributed by atoms with E-state index in [0.29, 0.717) is 31.1 Å². The summed E-state index contributed by atoms with van der Waals surface area (Å²) in [5.41, 5.74) is -0.983. The molecule has 1 aromatic carbocycles. The number of hydrogen-bond acceptors (Lipinski definition) is 6. The van der Waals surface area contributed by atoms with Gasteiger partial charge in [0.1, 0.15) is 11.3 Å². The molecule has 0 saturated heterocycles. The summed E-state index contributed by atoms with van der Waals surface area (Å²) in [5, 5.41) is 13.6. The second kappa shape index (κ2) is 6.08. The van der Waals surface area contributed by atoms with Crippen LogP contribution in [0.25, 0.3) is 0 Å². The predicted octanol–water partition coefficient (Wildman–Crippen LogP) is 3.10. The number of benzene rings is 1. The van der Waals surface area contributed by atoms with E-state index >= 15 is 0 Å². The molecule has 0 unspecified atom stereocenters. The van der Waals surface area contributed by atoms with Gasteiger partial charge in [0, 0.05) is 12.5 Å². The zero-order valence-corrected chi connectivity index (χ0v) is 12.7. The van der Waals surface area contributed by atoms with Gasteiger partial charge in [-0.25, -0.2) is 4.79 Å². The SMILES string of the molecule is CC(C)(C)OC(=O)Nc1cc2c(cc1[N+](=O)[O-])OCCCO2. The minimum atomic E-state index is -0.773. The van der Waals surface area contributed by atoms with Crippen LogP contribution in [-0.4, -0.2) is 29.8 Å². The first-order valence-corrected chi connectivity index (χ1v) is 6.84. The van der Waals surface area contributed by atoms with Crippen molar-refractivity contribution in [1.82, 2.24) is 0 Å². The van der Waals surface area contributed by atoms with E-state index in [-0.39, 0.29) is 11.4 Å². The second-order valence-electron chi connectivity index (χ2n) is 5.75. The van der Waals surface area contributed by atoms with Gasteiger partial charge in [-0.15, -0.1) is 0 Å². The van der Waals surface area contributed by atoms with Gasteiger partial charge in [0.2, 0.25) is 0 Å². The molecule has 2 rings (SSSR count). The fourth-order valence-corrected chi connectivity index (χ4v) is 1.86. The number of ether oxygens (including phenoxy) is 3. The molecule has 0 bridgehead atoms. The molecule has 1 aromatic rings. The number of amides is 1. The molecule has 0 saturated carbocycles. The summed E-state index contributed by atoms with van der Waals surface area (Å²) < 4.78 is 16.0. The van der Waals surface area contributed by atoms with Crippen molar-refractivity contribution in [1.29, 1.82) is 0 Å². The van der Waals surface area contributed by atoms with Crippen LogP contribution in [0.2, 0.25) is 0 Å². The summed E-state index contributed by atoms with van der Waals surface area (Å²) in [6, 6.07) is 2.62. The summed E-state index contributed by atoms with van der Waals surface area (Å²) in [7, 11) is 0. The number of nitro benzene ring substituents is 1. The van der Waals surface area contributed by atoms with Gasteiger partial charge in [-0.3, -0.25) is 15.4 Å². The van der Waals surface area contributed by atoms with Crippen LogP contribution in [0.15, 0.2) is 12.1 Å². The van der Waals surface area contributed by atoms with Crippen LogP contribution in [0.5, 0.6) is 11.5 Å². The van der Waals surface area contributed by atoms with Crippen molar-refractivity contribution >= 4 is 17.5 Å². The average Bonchev–Trinajstić information content (AvgIpc) is 2.59. The molecule has 8 nitrogen and oxygen atoms in total. The molecule has 0 atom stereocenters. The smallest absolute Gasteiger partial charge is 0.412 e. The lowest BCUT2D eigenvalue weighted by molar-refractivity contribution is -0.384. The van der Waals surface area contributed by atoms with Gasteiger partial charge in [-0.1, -0.05) is 0 Å². The van der Waals surface area contributed by atoms with Crippen LogP contribution in [0.1, 0.15) is 27.2 Å². The molecule has 1 amide bonds. The highest BCUT2D eigenvalue weighted by atomic mass is 16.6. The summed E-state index contributed by atoms with van der Waals surface area (Å²) in [5.74, 6) is 0.646. The molecule has 1 heterocycles. The Morgan fingerprint density at radius 3 is 2.41 bits per heavy atom. The first-order valence-electron chi connectivity index (χ1n) is 6.84. The fraction of sp³-hybridized carbons (Fsp3) is 0.500. The lowest BCUT2D eigenvalue weighted by atomic mass is 10.2. The number of anilines is 1. The maximum Gasteiger partial charge on any atom is 0.412 e. The summed E-state index contributed by atoms with van der Waals surface area (Å²) in [6.07, 6.45) is -0.0952. The molecule has 8 heteroatoms. The molecule has 1 aliphatic rings. The number of nitrogens with zero attached hydrogens (tertiary/aromatic N) is 1. The number of nitro groups is 1. The molecule has 1 aliphatic heterocycles. The molecule has 0 aliphatic carbocycles. The van der Waals surface area contributed by atoms with Crippen LogP contribution in [-0.2, 0) is 4.74 Å². The standard InChI is InChI=1S/C14H18N2O6/c1-14(2,3)22-13(17)15-9-7-11-12(8-10(9)16(18)19)21-6-4-5-20-11/h7-8H,4-6H2,1-3H3,(H,15,17). The first kappa shape index (κ1) is 15.9. The highest BCUT2D eigenvalue weighted by Gasteiger charge is 2.24. The number of rotatable bonds is 2. The largest absolute Gasteiger partial charge is 0.489 e. The summed E-state index contributed by atoms with van der Waals surface area (Å²) >= 11 is 0. The molecule has 0 fully saturated rings. The van der Waals surface area contributed by atoms with Crippen molar-refractivity contribution in [3.05, 3.63) is 22.2 Å². The Morgan fingerprint density at radius 2 is 1.86 bits per heavy atom. The lowest BCUT2D eigenvalue weighted by Gasteiger charge is -2.20. The quantitative estimate of drug-likeness (QED) is 0.665. The fourth-order valence-electron chi connectivity index (χ4n) is 1.86. The molecular weight excluding hydrogens is 292 g/mol. The maximum atomic E-state index is 11.8. The topological polar surface area (TPSA) is 99.9 Å². The molecular formula is C14H18N2O6. The Bertz CT molecular complexity index is 594. The average molecular weight is 310 g/mol. The van der Waals surface area contributed by atoms with E-state index in [4.69, 9.17) is 14.2 Å². The zero-order chi connectivity index (χ0) is 16.3. The van der Waals surface area contributed by atoms with E-state index in [9.17, 15) is 14.9 Å². The Morgan fingerprint density at radius 1 is 1.27 bits per heavy atom. The van der Waals surface area contributed by atoms with Crippen LogP contribution in [0.3, 0.4) is 0 Å². The van der Waals surface area contributed by atoms with Crippen molar-refractivity contribution in [2.75, 3.05) is 18.5 Å². The Labute approximate surface area is 127 Å². The van der Waals surface area contributed by atoms with Crippen molar-refractivity contribution in [3.63, 3.8) is 0 Å². The highest BCUT2D eigenvalue weighted by Crippen LogP contribution is 2.39. The molecule has 0 aromatic heterocycles. The van der Waals surface area contributed by atoms with Crippen LogP contribution in [0, 0.1) is 10.1 Å². The monoisotopic (exact) mass is 310 g/mol. The third-order valence-corrected chi connectivity index (χ3v) is 2.70. The summed E-state index contributed by atoms with van der Waals surface area (Å²) in [6.45, 7) is 5.97. The van der Waals surface area contributed by atoms with Crippen molar-refractivity contribution in [2.24, 2.45) is 0 Å². The van der Waals surface area contributed by atoms with Crippen molar-refractivity contribution in [3.8, 4) is 11.5 Å². The number of carbonyl (C=O) groups is 1. The van der Waals surface area contributed by atoms with E-state index in [0.717, 1.165) is 0 Å². The third-order valence-electron chi connectivity index (χ3n) is 2.70. The Balaban J connectivity index is 2.31. The number of nitrogens with one attached hydrogen (secondary N) is 1. The predicted molar refractivity (Wildman–Crippen MR) is 78.6 cm³/mol. The van der Waals surface area contributed by atoms with Gasteiger partial charge >= 0.3 is 6.09 Å². The highest BCUT2D eigenvalue weighted by molar-refractivity contribution is 5.89. The van der Waals surface area contributed by atoms with E-state index < -0.39 is 16.6 Å². The van der Waals surface area contributed by atoms with Gasteiger partial charge in [0.25, 0.3) is 5.69 Å². The minimum absolute atomic E-state index is 0.00324. The van der Waals surface area contributed by atoms with Crippen molar-refractivity contribution in [2.45, 2.75) is 32.8 Å². The Kier molecular flexibility index (Phi) is 4.39. The molecule has 0 radical (unpaired) electrons. The van der Waals surface area contributed by atoms with Crippen LogP contribution < -0.4 is 14.8 Å². The third kappa shape index (κ3) is 4.00. The van der Waals surface area contributed by atoms with E-state index in [1.54, 1.807) is 20.8 Å². The van der Waals surface area contributed by atoms with Gasteiger partial charge < -0.3 is 14.2 Å². The first-order chi connectivity index (χ1) is 10.3. The molecule has 0 spiro atoms. The number of fused-ring (bicyclic) bond motifs is 1. The number of hydrogen-bond donors (Lipinski definition) is 1. The van der Waals surface area contributed by atoms with E-state index in [2.05, 4.69) is 5.32 Å².